The van der Waals surface area contributed by atoms with E-state index >= 15 is 0 Å². The number of carbonyl (C=O) groups excluding carboxylic acids is 2. The van der Waals surface area contributed by atoms with Crippen LogP contribution < -0.4 is 10.2 Å². The summed E-state index contributed by atoms with van der Waals surface area (Å²) >= 11 is 0. The number of fused-ring (bicyclic) bond motifs is 1. The lowest BCUT2D eigenvalue weighted by molar-refractivity contribution is -0.119. The molecule has 27 heavy (non-hydrogen) atoms. The molecule has 3 aromatic rings. The molecule has 9 heteroatoms. The maximum atomic E-state index is 14.7. The Morgan fingerprint density at radius 1 is 1.37 bits per heavy atom. The van der Waals surface area contributed by atoms with Crippen LogP contribution >= 0.6 is 0 Å². The van der Waals surface area contributed by atoms with Crippen LogP contribution in [0.25, 0.3) is 16.8 Å². The third-order valence-corrected chi connectivity index (χ3v) is 4.30. The van der Waals surface area contributed by atoms with Crippen molar-refractivity contribution in [3.05, 3.63) is 48.7 Å². The minimum Gasteiger partial charge on any atom is -0.442 e. The predicted molar refractivity (Wildman–Crippen MR) is 94.7 cm³/mol. The molecule has 0 unspecified atom stereocenters. The predicted octanol–water partition coefficient (Wildman–Crippen LogP) is 2.00. The Morgan fingerprint density at radius 3 is 3.00 bits per heavy atom. The number of carbonyl (C=O) groups is 2. The van der Waals surface area contributed by atoms with Gasteiger partial charge in [-0.3, -0.25) is 9.69 Å². The summed E-state index contributed by atoms with van der Waals surface area (Å²) in [6.45, 7) is 1.85. The Morgan fingerprint density at radius 2 is 2.22 bits per heavy atom. The van der Waals surface area contributed by atoms with E-state index in [4.69, 9.17) is 4.74 Å². The lowest BCUT2D eigenvalue weighted by Gasteiger charge is -2.14. The van der Waals surface area contributed by atoms with E-state index in [9.17, 15) is 14.0 Å². The van der Waals surface area contributed by atoms with E-state index in [2.05, 4.69) is 15.4 Å². The van der Waals surface area contributed by atoms with Crippen LogP contribution in [-0.2, 0) is 9.53 Å². The summed E-state index contributed by atoms with van der Waals surface area (Å²) in [4.78, 5) is 28.5. The number of nitrogens with zero attached hydrogens (tertiary/aromatic N) is 4. The minimum absolute atomic E-state index is 0.204. The molecule has 8 nitrogen and oxygen atoms in total. The first kappa shape index (κ1) is 17.0. The van der Waals surface area contributed by atoms with Gasteiger partial charge in [0.05, 0.1) is 18.8 Å². The van der Waals surface area contributed by atoms with Gasteiger partial charge in [-0.15, -0.1) is 0 Å². The Bertz CT molecular complexity index is 1030. The highest BCUT2D eigenvalue weighted by molar-refractivity contribution is 5.90. The molecule has 1 aliphatic heterocycles. The first-order valence-corrected chi connectivity index (χ1v) is 8.33. The van der Waals surface area contributed by atoms with Crippen molar-refractivity contribution in [2.45, 2.75) is 13.0 Å². The zero-order valence-corrected chi connectivity index (χ0v) is 14.4. The third-order valence-electron chi connectivity index (χ3n) is 4.30. The maximum Gasteiger partial charge on any atom is 0.414 e. The highest BCUT2D eigenvalue weighted by Gasteiger charge is 2.32. The lowest BCUT2D eigenvalue weighted by Crippen LogP contribution is -2.33. The molecule has 0 bridgehead atoms. The first-order valence-electron chi connectivity index (χ1n) is 8.33. The summed E-state index contributed by atoms with van der Waals surface area (Å²) in [5, 5.41) is 6.65. The molecule has 0 aliphatic carbocycles. The average molecular weight is 369 g/mol. The van der Waals surface area contributed by atoms with Gasteiger partial charge in [0.2, 0.25) is 5.91 Å². The van der Waals surface area contributed by atoms with Crippen molar-refractivity contribution in [1.29, 1.82) is 0 Å². The second kappa shape index (κ2) is 6.67. The fourth-order valence-electron chi connectivity index (χ4n) is 2.98. The number of aromatic nitrogens is 3. The molecule has 1 aromatic carbocycles. The number of pyridine rings is 1. The number of ether oxygens (including phenoxy) is 1. The molecule has 1 N–H and O–H groups in total. The number of benzene rings is 1. The summed E-state index contributed by atoms with van der Waals surface area (Å²) in [6.07, 6.45) is 2.07. The van der Waals surface area contributed by atoms with Gasteiger partial charge in [0.25, 0.3) is 0 Å². The van der Waals surface area contributed by atoms with Crippen LogP contribution in [-0.4, -0.2) is 45.8 Å². The minimum atomic E-state index is -0.568. The Balaban J connectivity index is 1.56. The van der Waals surface area contributed by atoms with Crippen LogP contribution in [0.5, 0.6) is 0 Å². The van der Waals surface area contributed by atoms with Gasteiger partial charge in [-0.05, 0) is 30.3 Å². The molecular formula is C18H16FN5O3. The van der Waals surface area contributed by atoms with Crippen molar-refractivity contribution in [2.75, 3.05) is 18.0 Å². The van der Waals surface area contributed by atoms with E-state index < -0.39 is 18.0 Å². The second-order valence-corrected chi connectivity index (χ2v) is 6.20. The van der Waals surface area contributed by atoms with Gasteiger partial charge in [-0.2, -0.15) is 5.10 Å². The lowest BCUT2D eigenvalue weighted by atomic mass is 10.1. The van der Waals surface area contributed by atoms with Crippen LogP contribution in [0.3, 0.4) is 0 Å². The fraction of sp³-hybridized carbons (Fsp3) is 0.222. The van der Waals surface area contributed by atoms with Crippen molar-refractivity contribution >= 4 is 23.3 Å². The molecule has 1 fully saturated rings. The summed E-state index contributed by atoms with van der Waals surface area (Å²) in [5.41, 5.74) is 2.09. The summed E-state index contributed by atoms with van der Waals surface area (Å²) < 4.78 is 21.5. The van der Waals surface area contributed by atoms with Crippen LogP contribution in [0.1, 0.15) is 6.92 Å². The molecule has 0 saturated carbocycles. The SMILES string of the molecule is CC(=O)NC[C@H]1CN(c2ccc(-c3ccc4ncnn4c3)c(F)c2)C(=O)O1. The van der Waals surface area contributed by atoms with Crippen LogP contribution in [0.15, 0.2) is 42.9 Å². The molecule has 2 aromatic heterocycles. The fourth-order valence-corrected chi connectivity index (χ4v) is 2.98. The van der Waals surface area contributed by atoms with Crippen molar-refractivity contribution in [2.24, 2.45) is 0 Å². The van der Waals surface area contributed by atoms with Gasteiger partial charge < -0.3 is 10.1 Å². The van der Waals surface area contributed by atoms with E-state index in [0.29, 0.717) is 22.5 Å². The Hall–Kier alpha value is -3.49. The molecular weight excluding hydrogens is 353 g/mol. The van der Waals surface area contributed by atoms with Gasteiger partial charge in [0, 0.05) is 24.2 Å². The largest absolute Gasteiger partial charge is 0.442 e. The summed E-state index contributed by atoms with van der Waals surface area (Å²) in [6, 6.07) is 8.07. The number of nitrogens with one attached hydrogen (secondary N) is 1. The zero-order chi connectivity index (χ0) is 19.0. The number of hydrogen-bond acceptors (Lipinski definition) is 5. The van der Waals surface area contributed by atoms with Gasteiger partial charge in [-0.1, -0.05) is 0 Å². The summed E-state index contributed by atoms with van der Waals surface area (Å²) in [7, 11) is 0. The van der Waals surface area contributed by atoms with E-state index in [-0.39, 0.29) is 19.0 Å². The van der Waals surface area contributed by atoms with E-state index in [1.807, 2.05) is 0 Å². The molecule has 2 amide bonds. The number of cyclic esters (lactones) is 1. The van der Waals surface area contributed by atoms with Crippen molar-refractivity contribution in [1.82, 2.24) is 19.9 Å². The normalized spacial score (nSPS) is 16.6. The third kappa shape index (κ3) is 3.31. The van der Waals surface area contributed by atoms with Crippen LogP contribution in [0, 0.1) is 5.82 Å². The molecule has 1 saturated heterocycles. The average Bonchev–Trinajstić information content (AvgIpc) is 3.25. The van der Waals surface area contributed by atoms with E-state index in [1.165, 1.54) is 24.2 Å². The van der Waals surface area contributed by atoms with Gasteiger partial charge in [0.15, 0.2) is 5.65 Å². The van der Waals surface area contributed by atoms with Gasteiger partial charge >= 0.3 is 6.09 Å². The molecule has 0 radical (unpaired) electrons. The molecule has 4 rings (SSSR count). The smallest absolute Gasteiger partial charge is 0.414 e. The van der Waals surface area contributed by atoms with Gasteiger partial charge in [-0.25, -0.2) is 18.7 Å². The van der Waals surface area contributed by atoms with E-state index in [0.717, 1.165) is 0 Å². The maximum absolute atomic E-state index is 14.7. The summed E-state index contributed by atoms with van der Waals surface area (Å²) in [5.74, 6) is -0.672. The molecule has 138 valence electrons. The highest BCUT2D eigenvalue weighted by Crippen LogP contribution is 2.29. The number of halogens is 1. The van der Waals surface area contributed by atoms with Crippen LogP contribution in [0.2, 0.25) is 0 Å². The van der Waals surface area contributed by atoms with Crippen molar-refractivity contribution in [3.8, 4) is 11.1 Å². The number of anilines is 1. The second-order valence-electron chi connectivity index (χ2n) is 6.20. The number of hydrogen-bond donors (Lipinski definition) is 1. The number of amides is 2. The Kier molecular flexibility index (Phi) is 4.19. The monoisotopic (exact) mass is 369 g/mol. The molecule has 0 spiro atoms. The molecule has 1 aliphatic rings. The zero-order valence-electron chi connectivity index (χ0n) is 14.4. The standard InChI is InChI=1S/C18H16FN5O3/c1-11(25)20-7-14-9-23(18(26)27-14)13-3-4-15(16(19)6-13)12-2-5-17-21-10-22-24(17)8-12/h2-6,8,10,14H,7,9H2,1H3,(H,20,25)/t14-/m0/s1. The van der Waals surface area contributed by atoms with E-state index in [1.54, 1.807) is 35.0 Å². The topological polar surface area (TPSA) is 88.8 Å². The highest BCUT2D eigenvalue weighted by atomic mass is 19.1. The number of rotatable bonds is 4. The van der Waals surface area contributed by atoms with Crippen molar-refractivity contribution in [3.63, 3.8) is 0 Å². The van der Waals surface area contributed by atoms with Crippen LogP contribution in [0.4, 0.5) is 14.9 Å². The molecule has 3 heterocycles. The van der Waals surface area contributed by atoms with Gasteiger partial charge in [0.1, 0.15) is 18.2 Å². The first-order chi connectivity index (χ1) is 13.0. The quantitative estimate of drug-likeness (QED) is 0.760. The van der Waals surface area contributed by atoms with Crippen molar-refractivity contribution < 1.29 is 18.7 Å². The Labute approximate surface area is 153 Å². The molecule has 1 atom stereocenters.